The van der Waals surface area contributed by atoms with Crippen molar-refractivity contribution in [2.45, 2.75) is 25.0 Å². The van der Waals surface area contributed by atoms with Gasteiger partial charge in [-0.15, -0.1) is 0 Å². The van der Waals surface area contributed by atoms with Gasteiger partial charge >= 0.3 is 0 Å². The van der Waals surface area contributed by atoms with Gasteiger partial charge in [0.15, 0.2) is 22.0 Å². The molecular weight excluding hydrogens is 416 g/mol. The Morgan fingerprint density at radius 3 is 2.84 bits per heavy atom. The largest absolute Gasteiger partial charge is 0.451 e. The second-order valence-electron chi connectivity index (χ2n) is 6.82. The van der Waals surface area contributed by atoms with Gasteiger partial charge in [0.2, 0.25) is 0 Å². The lowest BCUT2D eigenvalue weighted by Crippen LogP contribution is -2.28. The molecule has 2 N–H and O–H groups in total. The number of hydrogen-bond donors (Lipinski definition) is 2. The maximum absolute atomic E-state index is 12.5. The first-order valence-corrected chi connectivity index (χ1v) is 11.2. The predicted octanol–water partition coefficient (Wildman–Crippen LogP) is 2.91. The molecule has 3 aromatic heterocycles. The molecule has 1 aromatic carbocycles. The van der Waals surface area contributed by atoms with E-state index in [2.05, 4.69) is 32.6 Å². The first-order chi connectivity index (χ1) is 15.1. The zero-order valence-electron chi connectivity index (χ0n) is 17.2. The van der Waals surface area contributed by atoms with Crippen LogP contribution in [0.15, 0.2) is 50.9 Å². The van der Waals surface area contributed by atoms with Gasteiger partial charge in [-0.05, 0) is 24.8 Å². The highest BCUT2D eigenvalue weighted by molar-refractivity contribution is 7.98. The van der Waals surface area contributed by atoms with Crippen LogP contribution in [0.5, 0.6) is 0 Å². The molecule has 0 aliphatic carbocycles. The molecule has 0 unspecified atom stereocenters. The number of nitrogens with one attached hydrogen (secondary N) is 2. The molecule has 31 heavy (non-hydrogen) atoms. The fourth-order valence-corrected chi connectivity index (χ4v) is 3.51. The van der Waals surface area contributed by atoms with Crippen LogP contribution in [0, 0.1) is 0 Å². The summed E-state index contributed by atoms with van der Waals surface area (Å²) < 4.78 is 7.31. The lowest BCUT2D eigenvalue weighted by Gasteiger charge is -2.09. The lowest BCUT2D eigenvalue weighted by atomic mass is 10.2. The minimum absolute atomic E-state index is 0.0212. The molecule has 0 atom stereocenters. The molecule has 0 bridgehead atoms. The number of carbonyl (C=O) groups is 1. The van der Waals surface area contributed by atoms with E-state index in [0.717, 1.165) is 24.2 Å². The highest BCUT2D eigenvalue weighted by atomic mass is 32.2. The van der Waals surface area contributed by atoms with Gasteiger partial charge in [-0.3, -0.25) is 9.59 Å². The Kier molecular flexibility index (Phi) is 6.17. The number of carbonyl (C=O) groups excluding carboxylic acids is 1. The van der Waals surface area contributed by atoms with Gasteiger partial charge in [0.1, 0.15) is 11.4 Å². The Morgan fingerprint density at radius 1 is 1.19 bits per heavy atom. The summed E-state index contributed by atoms with van der Waals surface area (Å²) in [4.78, 5) is 33.8. The molecule has 10 heteroatoms. The van der Waals surface area contributed by atoms with Gasteiger partial charge < -0.3 is 15.1 Å². The maximum Gasteiger partial charge on any atom is 0.287 e. The summed E-state index contributed by atoms with van der Waals surface area (Å²) >= 11 is 1.46. The molecule has 0 saturated carbocycles. The Balaban J connectivity index is 1.49. The molecule has 0 aliphatic heterocycles. The van der Waals surface area contributed by atoms with Crippen LogP contribution >= 0.6 is 11.8 Å². The molecule has 0 saturated heterocycles. The molecule has 0 aliphatic rings. The fourth-order valence-electron chi connectivity index (χ4n) is 3.15. The summed E-state index contributed by atoms with van der Waals surface area (Å²) in [6.07, 6.45) is 4.62. The van der Waals surface area contributed by atoms with Crippen LogP contribution in [0.1, 0.15) is 23.9 Å². The van der Waals surface area contributed by atoms with E-state index >= 15 is 0 Å². The number of rotatable bonds is 8. The highest BCUT2D eigenvalue weighted by Crippen LogP contribution is 2.23. The maximum atomic E-state index is 12.5. The van der Waals surface area contributed by atoms with Crippen molar-refractivity contribution >= 4 is 45.5 Å². The van der Waals surface area contributed by atoms with E-state index in [1.54, 1.807) is 35.1 Å². The first kappa shape index (κ1) is 20.9. The van der Waals surface area contributed by atoms with E-state index in [-0.39, 0.29) is 11.2 Å². The standard InChI is InChI=1S/C21H22N6O3S/c1-3-8-22-18-14-12-24-27(19(14)26-21(25-18)31-2)10-9-23-20(29)17-11-15(28)13-6-4-5-7-16(13)30-17/h4-7,11-12H,3,8-10H2,1-2H3,(H,23,29)(H,22,25,26). The number of anilines is 1. The zero-order chi connectivity index (χ0) is 21.8. The molecule has 1 amide bonds. The quantitative estimate of drug-likeness (QED) is 0.319. The Morgan fingerprint density at radius 2 is 2.03 bits per heavy atom. The number of thioether (sulfide) groups is 1. The summed E-state index contributed by atoms with van der Waals surface area (Å²) in [6, 6.07) is 8.05. The van der Waals surface area contributed by atoms with Gasteiger partial charge in [-0.1, -0.05) is 30.8 Å². The topological polar surface area (TPSA) is 115 Å². The summed E-state index contributed by atoms with van der Waals surface area (Å²) in [7, 11) is 0. The molecule has 0 radical (unpaired) electrons. The van der Waals surface area contributed by atoms with E-state index in [9.17, 15) is 9.59 Å². The van der Waals surface area contributed by atoms with Crippen molar-refractivity contribution in [2.24, 2.45) is 0 Å². The van der Waals surface area contributed by atoms with Gasteiger partial charge in [0, 0.05) is 19.2 Å². The van der Waals surface area contributed by atoms with Crippen molar-refractivity contribution in [1.29, 1.82) is 0 Å². The normalized spacial score (nSPS) is 11.2. The average Bonchev–Trinajstić information content (AvgIpc) is 3.20. The Bertz CT molecular complexity index is 1300. The van der Waals surface area contributed by atoms with Crippen molar-refractivity contribution in [1.82, 2.24) is 25.1 Å². The number of benzene rings is 1. The first-order valence-electron chi connectivity index (χ1n) is 9.93. The smallest absolute Gasteiger partial charge is 0.287 e. The van der Waals surface area contributed by atoms with E-state index in [0.29, 0.717) is 34.9 Å². The molecule has 0 spiro atoms. The van der Waals surface area contributed by atoms with Gasteiger partial charge in [0.05, 0.1) is 23.5 Å². The molecule has 3 heterocycles. The van der Waals surface area contributed by atoms with Crippen LogP contribution in [0.2, 0.25) is 0 Å². The molecule has 0 fully saturated rings. The number of nitrogens with zero attached hydrogens (tertiary/aromatic N) is 4. The molecule has 9 nitrogen and oxygen atoms in total. The number of amides is 1. The molecule has 160 valence electrons. The van der Waals surface area contributed by atoms with Crippen molar-refractivity contribution in [3.8, 4) is 0 Å². The third-order valence-electron chi connectivity index (χ3n) is 4.67. The van der Waals surface area contributed by atoms with Crippen molar-refractivity contribution in [3.05, 3.63) is 52.5 Å². The van der Waals surface area contributed by atoms with Gasteiger partial charge in [-0.2, -0.15) is 5.10 Å². The van der Waals surface area contributed by atoms with Crippen LogP contribution < -0.4 is 16.1 Å². The van der Waals surface area contributed by atoms with Crippen molar-refractivity contribution in [3.63, 3.8) is 0 Å². The predicted molar refractivity (Wildman–Crippen MR) is 121 cm³/mol. The average molecular weight is 439 g/mol. The minimum Gasteiger partial charge on any atom is -0.451 e. The Hall–Kier alpha value is -3.40. The Labute approximate surface area is 182 Å². The number of aromatic nitrogens is 4. The second kappa shape index (κ2) is 9.17. The SMILES string of the molecule is CCCNc1nc(SC)nc2c1cnn2CCNC(=O)c1cc(=O)c2ccccc2o1. The van der Waals surface area contributed by atoms with E-state index in [1.165, 1.54) is 17.8 Å². The van der Waals surface area contributed by atoms with Crippen LogP contribution in [0.3, 0.4) is 0 Å². The zero-order valence-corrected chi connectivity index (χ0v) is 18.0. The highest BCUT2D eigenvalue weighted by Gasteiger charge is 2.14. The van der Waals surface area contributed by atoms with E-state index in [1.807, 2.05) is 6.26 Å². The van der Waals surface area contributed by atoms with Crippen molar-refractivity contribution in [2.75, 3.05) is 24.7 Å². The number of para-hydroxylation sites is 1. The molecular formula is C21H22N6O3S. The van der Waals surface area contributed by atoms with Gasteiger partial charge in [0.25, 0.3) is 5.91 Å². The monoisotopic (exact) mass is 438 g/mol. The number of hydrogen-bond acceptors (Lipinski definition) is 8. The summed E-state index contributed by atoms with van der Waals surface area (Å²) in [5.74, 6) is 0.278. The van der Waals surface area contributed by atoms with Crippen LogP contribution in [0.25, 0.3) is 22.0 Å². The van der Waals surface area contributed by atoms with E-state index in [4.69, 9.17) is 4.42 Å². The van der Waals surface area contributed by atoms with Crippen molar-refractivity contribution < 1.29 is 9.21 Å². The summed E-state index contributed by atoms with van der Waals surface area (Å²) in [5.41, 5.74) is 0.828. The third-order valence-corrected chi connectivity index (χ3v) is 5.22. The van der Waals surface area contributed by atoms with Crippen LogP contribution in [-0.2, 0) is 6.54 Å². The molecule has 4 rings (SSSR count). The lowest BCUT2D eigenvalue weighted by molar-refractivity contribution is 0.0925. The number of fused-ring (bicyclic) bond motifs is 2. The third kappa shape index (κ3) is 4.38. The van der Waals surface area contributed by atoms with E-state index < -0.39 is 5.91 Å². The van der Waals surface area contributed by atoms with Crippen LogP contribution in [0.4, 0.5) is 5.82 Å². The van der Waals surface area contributed by atoms with Crippen LogP contribution in [-0.4, -0.2) is 45.0 Å². The molecule has 4 aromatic rings. The fraction of sp³-hybridized carbons (Fsp3) is 0.286. The minimum atomic E-state index is -0.455. The summed E-state index contributed by atoms with van der Waals surface area (Å²) in [6.45, 7) is 3.59. The summed E-state index contributed by atoms with van der Waals surface area (Å²) in [5, 5.41) is 12.4. The van der Waals surface area contributed by atoms with Gasteiger partial charge in [-0.25, -0.2) is 14.6 Å². The second-order valence-corrected chi connectivity index (χ2v) is 7.59.